The first-order chi connectivity index (χ1) is 7.16. The van der Waals surface area contributed by atoms with Crippen molar-refractivity contribution in [3.8, 4) is 0 Å². The van der Waals surface area contributed by atoms with Crippen molar-refractivity contribution in [1.82, 2.24) is 0 Å². The van der Waals surface area contributed by atoms with Crippen LogP contribution in [-0.4, -0.2) is 18.5 Å². The van der Waals surface area contributed by atoms with Crippen molar-refractivity contribution in [2.45, 2.75) is 23.1 Å². The Morgan fingerprint density at radius 3 is 2.73 bits per heavy atom. The summed E-state index contributed by atoms with van der Waals surface area (Å²) < 4.78 is 18.7. The fourth-order valence-corrected chi connectivity index (χ4v) is 2.36. The third-order valence-electron chi connectivity index (χ3n) is 2.38. The van der Waals surface area contributed by atoms with E-state index < -0.39 is 0 Å². The quantitative estimate of drug-likeness (QED) is 0.860. The van der Waals surface area contributed by atoms with Crippen LogP contribution in [0.15, 0.2) is 23.1 Å². The highest BCUT2D eigenvalue weighted by Crippen LogP contribution is 2.30. The zero-order valence-corrected chi connectivity index (χ0v) is 9.39. The predicted octanol–water partition coefficient (Wildman–Crippen LogP) is 2.34. The lowest BCUT2D eigenvalue weighted by Crippen LogP contribution is -2.30. The predicted molar refractivity (Wildman–Crippen MR) is 59.5 cm³/mol. The highest BCUT2D eigenvalue weighted by molar-refractivity contribution is 8.00. The summed E-state index contributed by atoms with van der Waals surface area (Å²) >= 11 is 1.54. The molecule has 0 aliphatic carbocycles. The second-order valence-corrected chi connectivity index (χ2v) is 5.10. The maximum atomic E-state index is 13.6. The zero-order chi connectivity index (χ0) is 10.8. The standard InChI is InChI=1S/C11H14FNOS/c1-7(13)8-2-3-11(10(12)4-8)15-9-5-14-6-9/h2-4,7,9H,5-6,13H2,1H3/t7-/m0/s1. The number of halogens is 1. The van der Waals surface area contributed by atoms with E-state index in [4.69, 9.17) is 10.5 Å². The number of hydrogen-bond acceptors (Lipinski definition) is 3. The molecule has 82 valence electrons. The molecule has 1 atom stereocenters. The van der Waals surface area contributed by atoms with Crippen LogP contribution in [-0.2, 0) is 4.74 Å². The molecule has 1 saturated heterocycles. The van der Waals surface area contributed by atoms with Gasteiger partial charge in [0.05, 0.1) is 18.5 Å². The Kier molecular flexibility index (Phi) is 3.29. The monoisotopic (exact) mass is 227 g/mol. The van der Waals surface area contributed by atoms with Crippen molar-refractivity contribution >= 4 is 11.8 Å². The Bertz CT molecular complexity index is 352. The maximum absolute atomic E-state index is 13.6. The zero-order valence-electron chi connectivity index (χ0n) is 8.57. The second-order valence-electron chi connectivity index (χ2n) is 3.76. The number of benzene rings is 1. The van der Waals surface area contributed by atoms with E-state index in [0.29, 0.717) is 10.1 Å². The molecule has 2 nitrogen and oxygen atoms in total. The summed E-state index contributed by atoms with van der Waals surface area (Å²) in [5.41, 5.74) is 6.51. The van der Waals surface area contributed by atoms with Gasteiger partial charge in [-0.3, -0.25) is 0 Å². The van der Waals surface area contributed by atoms with Crippen molar-refractivity contribution in [2.75, 3.05) is 13.2 Å². The van der Waals surface area contributed by atoms with Gasteiger partial charge in [0.2, 0.25) is 0 Å². The minimum absolute atomic E-state index is 0.120. The number of ether oxygens (including phenoxy) is 1. The van der Waals surface area contributed by atoms with Crippen LogP contribution in [0.4, 0.5) is 4.39 Å². The van der Waals surface area contributed by atoms with Gasteiger partial charge in [0, 0.05) is 10.9 Å². The molecule has 1 heterocycles. The van der Waals surface area contributed by atoms with Gasteiger partial charge in [0.15, 0.2) is 0 Å². The first kappa shape index (κ1) is 10.9. The van der Waals surface area contributed by atoms with E-state index in [-0.39, 0.29) is 11.9 Å². The van der Waals surface area contributed by atoms with Crippen molar-refractivity contribution in [3.05, 3.63) is 29.6 Å². The van der Waals surface area contributed by atoms with Gasteiger partial charge in [-0.15, -0.1) is 11.8 Å². The molecular weight excluding hydrogens is 213 g/mol. The van der Waals surface area contributed by atoms with E-state index in [1.54, 1.807) is 6.07 Å². The molecule has 0 amide bonds. The Hall–Kier alpha value is -0.580. The highest BCUT2D eigenvalue weighted by Gasteiger charge is 2.21. The molecule has 15 heavy (non-hydrogen) atoms. The normalized spacial score (nSPS) is 18.6. The Morgan fingerprint density at radius 1 is 1.53 bits per heavy atom. The summed E-state index contributed by atoms with van der Waals surface area (Å²) in [7, 11) is 0. The molecule has 1 aromatic carbocycles. The Labute approximate surface area is 93.0 Å². The summed E-state index contributed by atoms with van der Waals surface area (Å²) in [6.45, 7) is 3.29. The second kappa shape index (κ2) is 4.51. The van der Waals surface area contributed by atoms with Gasteiger partial charge < -0.3 is 10.5 Å². The minimum atomic E-state index is -0.179. The van der Waals surface area contributed by atoms with Crippen LogP contribution in [0.25, 0.3) is 0 Å². The van der Waals surface area contributed by atoms with Gasteiger partial charge in [-0.25, -0.2) is 4.39 Å². The fourth-order valence-electron chi connectivity index (χ4n) is 1.36. The lowest BCUT2D eigenvalue weighted by molar-refractivity contribution is 0.0455. The van der Waals surface area contributed by atoms with Gasteiger partial charge in [0.1, 0.15) is 5.82 Å². The molecule has 1 aliphatic heterocycles. The first-order valence-corrected chi connectivity index (χ1v) is 5.84. The number of nitrogens with two attached hydrogens (primary N) is 1. The van der Waals surface area contributed by atoms with Crippen molar-refractivity contribution in [2.24, 2.45) is 5.73 Å². The van der Waals surface area contributed by atoms with Crippen molar-refractivity contribution in [3.63, 3.8) is 0 Å². The van der Waals surface area contributed by atoms with Crippen LogP contribution in [0.1, 0.15) is 18.5 Å². The van der Waals surface area contributed by atoms with Crippen LogP contribution in [0.2, 0.25) is 0 Å². The van der Waals surface area contributed by atoms with Crippen molar-refractivity contribution < 1.29 is 9.13 Å². The lowest BCUT2D eigenvalue weighted by Gasteiger charge is -2.25. The van der Waals surface area contributed by atoms with Gasteiger partial charge in [-0.2, -0.15) is 0 Å². The molecule has 2 N–H and O–H groups in total. The van der Waals surface area contributed by atoms with Crippen molar-refractivity contribution in [1.29, 1.82) is 0 Å². The topological polar surface area (TPSA) is 35.2 Å². The van der Waals surface area contributed by atoms with Crippen LogP contribution >= 0.6 is 11.8 Å². The number of thioether (sulfide) groups is 1. The summed E-state index contributed by atoms with van der Waals surface area (Å²) in [6, 6.07) is 5.09. The smallest absolute Gasteiger partial charge is 0.137 e. The van der Waals surface area contributed by atoms with Gasteiger partial charge in [-0.1, -0.05) is 6.07 Å². The summed E-state index contributed by atoms with van der Waals surface area (Å²) in [4.78, 5) is 0.688. The van der Waals surface area contributed by atoms with Gasteiger partial charge in [0.25, 0.3) is 0 Å². The Balaban J connectivity index is 2.11. The van der Waals surface area contributed by atoms with Gasteiger partial charge in [-0.05, 0) is 24.6 Å². The highest BCUT2D eigenvalue weighted by atomic mass is 32.2. The van der Waals surface area contributed by atoms with Crippen LogP contribution in [0.5, 0.6) is 0 Å². The molecule has 0 aromatic heterocycles. The fraction of sp³-hybridized carbons (Fsp3) is 0.455. The summed E-state index contributed by atoms with van der Waals surface area (Å²) in [6.07, 6.45) is 0. The molecule has 0 spiro atoms. The summed E-state index contributed by atoms with van der Waals surface area (Å²) in [5.74, 6) is -0.179. The van der Waals surface area contributed by atoms with Crippen LogP contribution < -0.4 is 5.73 Å². The third-order valence-corrected chi connectivity index (χ3v) is 3.57. The average molecular weight is 227 g/mol. The molecule has 0 unspecified atom stereocenters. The number of rotatable bonds is 3. The molecule has 0 saturated carbocycles. The van der Waals surface area contributed by atoms with E-state index >= 15 is 0 Å². The van der Waals surface area contributed by atoms with Crippen LogP contribution in [0, 0.1) is 5.82 Å². The van der Waals surface area contributed by atoms with E-state index in [2.05, 4.69) is 0 Å². The molecule has 0 bridgehead atoms. The third kappa shape index (κ3) is 2.51. The molecular formula is C11H14FNOS. The largest absolute Gasteiger partial charge is 0.379 e. The van der Waals surface area contributed by atoms with Crippen LogP contribution in [0.3, 0.4) is 0 Å². The minimum Gasteiger partial charge on any atom is -0.379 e. The summed E-state index contributed by atoms with van der Waals surface area (Å²) in [5, 5.41) is 0.403. The molecule has 1 fully saturated rings. The van der Waals surface area contributed by atoms with Gasteiger partial charge >= 0.3 is 0 Å². The molecule has 4 heteroatoms. The SMILES string of the molecule is C[C@H](N)c1ccc(SC2COC2)c(F)c1. The molecule has 1 aromatic rings. The Morgan fingerprint density at radius 2 is 2.27 bits per heavy atom. The van der Waals surface area contributed by atoms with E-state index in [9.17, 15) is 4.39 Å². The molecule has 1 aliphatic rings. The lowest BCUT2D eigenvalue weighted by atomic mass is 10.1. The first-order valence-electron chi connectivity index (χ1n) is 4.96. The van der Waals surface area contributed by atoms with E-state index in [1.807, 2.05) is 13.0 Å². The van der Waals surface area contributed by atoms with E-state index in [1.165, 1.54) is 17.8 Å². The molecule has 0 radical (unpaired) electrons. The number of hydrogen-bond donors (Lipinski definition) is 1. The van der Waals surface area contributed by atoms with E-state index in [0.717, 1.165) is 18.8 Å². The molecule has 2 rings (SSSR count). The maximum Gasteiger partial charge on any atom is 0.137 e. The average Bonchev–Trinajstić information content (AvgIpc) is 2.12.